The van der Waals surface area contributed by atoms with Crippen molar-refractivity contribution in [2.24, 2.45) is 0 Å². The monoisotopic (exact) mass is 315 g/mol. The number of aromatic nitrogens is 2. The van der Waals surface area contributed by atoms with Gasteiger partial charge in [-0.15, -0.1) is 0 Å². The molecule has 1 aromatic carbocycles. The molecular formula is C17H21N3O3. The van der Waals surface area contributed by atoms with Crippen LogP contribution in [0, 0.1) is 0 Å². The molecule has 1 aliphatic rings. The van der Waals surface area contributed by atoms with Crippen LogP contribution in [0.4, 0.5) is 0 Å². The van der Waals surface area contributed by atoms with Gasteiger partial charge in [0.05, 0.1) is 0 Å². The predicted molar refractivity (Wildman–Crippen MR) is 85.0 cm³/mol. The topological polar surface area (TPSA) is 88.2 Å². The molecule has 1 unspecified atom stereocenters. The fourth-order valence-corrected chi connectivity index (χ4v) is 2.42. The van der Waals surface area contributed by atoms with Gasteiger partial charge in [0.2, 0.25) is 11.7 Å². The lowest BCUT2D eigenvalue weighted by atomic mass is 10.1. The summed E-state index contributed by atoms with van der Waals surface area (Å²) in [6.45, 7) is 2.06. The highest BCUT2D eigenvalue weighted by atomic mass is 16.5. The fraction of sp³-hybridized carbons (Fsp3) is 0.471. The summed E-state index contributed by atoms with van der Waals surface area (Å²) >= 11 is 0. The average molecular weight is 315 g/mol. The first-order valence-corrected chi connectivity index (χ1v) is 8.03. The minimum atomic E-state index is -0.136. The Balaban J connectivity index is 1.69. The van der Waals surface area contributed by atoms with E-state index in [1.165, 1.54) is 0 Å². The zero-order chi connectivity index (χ0) is 16.2. The van der Waals surface area contributed by atoms with E-state index >= 15 is 0 Å². The maximum atomic E-state index is 12.3. The highest BCUT2D eigenvalue weighted by molar-refractivity contribution is 5.95. The Labute approximate surface area is 134 Å². The fourth-order valence-electron chi connectivity index (χ4n) is 2.42. The molecule has 1 fully saturated rings. The summed E-state index contributed by atoms with van der Waals surface area (Å²) in [6.07, 6.45) is 3.64. The van der Waals surface area contributed by atoms with Gasteiger partial charge in [0.25, 0.3) is 5.91 Å². The van der Waals surface area contributed by atoms with Crippen LogP contribution in [0.25, 0.3) is 11.4 Å². The largest absolute Gasteiger partial charge is 0.396 e. The van der Waals surface area contributed by atoms with Gasteiger partial charge in [-0.3, -0.25) is 4.79 Å². The number of amides is 1. The van der Waals surface area contributed by atoms with E-state index in [0.717, 1.165) is 24.8 Å². The lowest BCUT2D eigenvalue weighted by Gasteiger charge is -2.13. The second-order valence-corrected chi connectivity index (χ2v) is 6.05. The molecule has 1 atom stereocenters. The predicted octanol–water partition coefficient (Wildman–Crippen LogP) is 2.50. The van der Waals surface area contributed by atoms with Gasteiger partial charge in [-0.2, -0.15) is 4.98 Å². The third-order valence-electron chi connectivity index (χ3n) is 3.92. The number of rotatable bonds is 7. The minimum Gasteiger partial charge on any atom is -0.396 e. The van der Waals surface area contributed by atoms with Gasteiger partial charge in [-0.1, -0.05) is 17.3 Å². The lowest BCUT2D eigenvalue weighted by molar-refractivity contribution is 0.0936. The van der Waals surface area contributed by atoms with E-state index < -0.39 is 0 Å². The van der Waals surface area contributed by atoms with Gasteiger partial charge >= 0.3 is 0 Å². The Morgan fingerprint density at radius 3 is 3.04 bits per heavy atom. The summed E-state index contributed by atoms with van der Waals surface area (Å²) in [6, 6.07) is 7.24. The molecule has 1 saturated carbocycles. The van der Waals surface area contributed by atoms with Crippen molar-refractivity contribution in [3.05, 3.63) is 35.7 Å². The molecule has 0 bridgehead atoms. The molecular weight excluding hydrogens is 294 g/mol. The normalized spacial score (nSPS) is 15.4. The quantitative estimate of drug-likeness (QED) is 0.819. The van der Waals surface area contributed by atoms with Crippen molar-refractivity contribution < 1.29 is 14.4 Å². The second kappa shape index (κ2) is 6.91. The van der Waals surface area contributed by atoms with Crippen molar-refractivity contribution in [2.45, 2.75) is 44.6 Å². The molecule has 3 rings (SSSR count). The minimum absolute atomic E-state index is 0.0185. The molecule has 0 radical (unpaired) electrons. The van der Waals surface area contributed by atoms with E-state index in [9.17, 15) is 4.79 Å². The first kappa shape index (κ1) is 15.7. The van der Waals surface area contributed by atoms with Crippen LogP contribution in [0.1, 0.15) is 54.8 Å². The third kappa shape index (κ3) is 3.96. The first-order valence-electron chi connectivity index (χ1n) is 8.03. The highest BCUT2D eigenvalue weighted by Gasteiger charge is 2.29. The molecule has 0 saturated heterocycles. The van der Waals surface area contributed by atoms with Crippen molar-refractivity contribution >= 4 is 5.91 Å². The maximum absolute atomic E-state index is 12.3. The summed E-state index contributed by atoms with van der Waals surface area (Å²) in [4.78, 5) is 16.7. The SMILES string of the molecule is CC(CCCO)NC(=O)c1cccc(-c2noc(C3CC3)n2)c1. The Bertz CT molecular complexity index is 679. The number of nitrogens with zero attached hydrogens (tertiary/aromatic N) is 2. The second-order valence-electron chi connectivity index (χ2n) is 6.05. The van der Waals surface area contributed by atoms with E-state index in [1.807, 2.05) is 19.1 Å². The molecule has 6 nitrogen and oxygen atoms in total. The summed E-state index contributed by atoms with van der Waals surface area (Å²) in [7, 11) is 0. The Kier molecular flexibility index (Phi) is 4.71. The average Bonchev–Trinajstić information content (AvgIpc) is 3.30. The number of hydrogen-bond donors (Lipinski definition) is 2. The van der Waals surface area contributed by atoms with Crippen LogP contribution in [-0.2, 0) is 0 Å². The summed E-state index contributed by atoms with van der Waals surface area (Å²) < 4.78 is 5.27. The summed E-state index contributed by atoms with van der Waals surface area (Å²) in [5.74, 6) is 1.49. The van der Waals surface area contributed by atoms with Crippen LogP contribution in [-0.4, -0.2) is 33.8 Å². The van der Waals surface area contributed by atoms with Crippen molar-refractivity contribution in [1.82, 2.24) is 15.5 Å². The number of aliphatic hydroxyl groups is 1. The van der Waals surface area contributed by atoms with E-state index in [2.05, 4.69) is 15.5 Å². The van der Waals surface area contributed by atoms with Crippen molar-refractivity contribution in [3.63, 3.8) is 0 Å². The van der Waals surface area contributed by atoms with Crippen LogP contribution in [0.3, 0.4) is 0 Å². The number of carbonyl (C=O) groups excluding carboxylic acids is 1. The number of nitrogens with one attached hydrogen (secondary N) is 1. The molecule has 1 aliphatic carbocycles. The molecule has 1 heterocycles. The number of carbonyl (C=O) groups is 1. The smallest absolute Gasteiger partial charge is 0.251 e. The van der Waals surface area contributed by atoms with E-state index in [1.54, 1.807) is 12.1 Å². The van der Waals surface area contributed by atoms with Gasteiger partial charge in [0, 0.05) is 29.7 Å². The van der Waals surface area contributed by atoms with Crippen molar-refractivity contribution in [2.75, 3.05) is 6.61 Å². The zero-order valence-electron chi connectivity index (χ0n) is 13.2. The third-order valence-corrected chi connectivity index (χ3v) is 3.92. The first-order chi connectivity index (χ1) is 11.2. The molecule has 23 heavy (non-hydrogen) atoms. The standard InChI is InChI=1S/C17H21N3O3/c1-11(4-3-9-21)18-16(22)14-6-2-5-13(10-14)15-19-17(23-20-15)12-7-8-12/h2,5-6,10-12,21H,3-4,7-9H2,1H3,(H,18,22). The van der Waals surface area contributed by atoms with E-state index in [0.29, 0.717) is 29.6 Å². The van der Waals surface area contributed by atoms with Crippen LogP contribution in [0.5, 0.6) is 0 Å². The molecule has 0 spiro atoms. The highest BCUT2D eigenvalue weighted by Crippen LogP contribution is 2.39. The maximum Gasteiger partial charge on any atom is 0.251 e. The van der Waals surface area contributed by atoms with Crippen LogP contribution in [0.15, 0.2) is 28.8 Å². The molecule has 122 valence electrons. The zero-order valence-corrected chi connectivity index (χ0v) is 13.2. The Morgan fingerprint density at radius 2 is 2.30 bits per heavy atom. The van der Waals surface area contributed by atoms with Crippen molar-refractivity contribution in [1.29, 1.82) is 0 Å². The number of hydrogen-bond acceptors (Lipinski definition) is 5. The molecule has 0 aliphatic heterocycles. The van der Waals surface area contributed by atoms with Gasteiger partial charge in [-0.05, 0) is 44.7 Å². The molecule has 2 aromatic rings. The Hall–Kier alpha value is -2.21. The molecule has 2 N–H and O–H groups in total. The van der Waals surface area contributed by atoms with E-state index in [4.69, 9.17) is 9.63 Å². The summed E-state index contributed by atoms with van der Waals surface area (Å²) in [5, 5.41) is 15.8. The van der Waals surface area contributed by atoms with Gasteiger partial charge < -0.3 is 14.9 Å². The van der Waals surface area contributed by atoms with Crippen LogP contribution >= 0.6 is 0 Å². The van der Waals surface area contributed by atoms with Gasteiger partial charge in [0.15, 0.2) is 0 Å². The number of aliphatic hydroxyl groups excluding tert-OH is 1. The summed E-state index contributed by atoms with van der Waals surface area (Å²) in [5.41, 5.74) is 1.34. The number of benzene rings is 1. The Morgan fingerprint density at radius 1 is 1.48 bits per heavy atom. The molecule has 1 amide bonds. The van der Waals surface area contributed by atoms with Gasteiger partial charge in [-0.25, -0.2) is 0 Å². The van der Waals surface area contributed by atoms with Crippen molar-refractivity contribution in [3.8, 4) is 11.4 Å². The van der Waals surface area contributed by atoms with E-state index in [-0.39, 0.29) is 18.6 Å². The van der Waals surface area contributed by atoms with Gasteiger partial charge in [0.1, 0.15) is 0 Å². The van der Waals surface area contributed by atoms with Crippen LogP contribution < -0.4 is 5.32 Å². The van der Waals surface area contributed by atoms with Crippen LogP contribution in [0.2, 0.25) is 0 Å². The molecule has 1 aromatic heterocycles. The lowest BCUT2D eigenvalue weighted by Crippen LogP contribution is -2.32. The molecule has 6 heteroatoms.